The number of aromatic carboxylic acids is 1. The summed E-state index contributed by atoms with van der Waals surface area (Å²) in [6.07, 6.45) is 0. The normalized spacial score (nSPS) is 10.5. The Labute approximate surface area is 109 Å². The van der Waals surface area contributed by atoms with Gasteiger partial charge in [-0.05, 0) is 18.2 Å². The van der Waals surface area contributed by atoms with Crippen molar-refractivity contribution in [2.75, 3.05) is 12.4 Å². The maximum atomic E-state index is 11.3. The van der Waals surface area contributed by atoms with Gasteiger partial charge < -0.3 is 19.7 Å². The summed E-state index contributed by atoms with van der Waals surface area (Å²) in [6.45, 7) is 1.34. The molecule has 0 aliphatic heterocycles. The van der Waals surface area contributed by atoms with E-state index in [4.69, 9.17) is 4.74 Å². The molecule has 6 nitrogen and oxygen atoms in total. The van der Waals surface area contributed by atoms with Crippen molar-refractivity contribution in [3.05, 3.63) is 23.9 Å². The van der Waals surface area contributed by atoms with Crippen LogP contribution in [0.25, 0.3) is 10.9 Å². The Morgan fingerprint density at radius 2 is 2.05 bits per heavy atom. The molecule has 100 valence electrons. The van der Waals surface area contributed by atoms with Crippen molar-refractivity contribution in [1.29, 1.82) is 0 Å². The molecule has 1 aromatic carbocycles. The van der Waals surface area contributed by atoms with Crippen molar-refractivity contribution in [2.24, 2.45) is 7.05 Å². The zero-order valence-corrected chi connectivity index (χ0v) is 10.9. The SMILES string of the molecule is COc1ccc2c(c1)c(NC(C)=O)c(C(=O)O)n2C. The molecule has 0 atom stereocenters. The van der Waals surface area contributed by atoms with Gasteiger partial charge in [0.1, 0.15) is 5.75 Å². The second-order valence-corrected chi connectivity index (χ2v) is 4.15. The first-order valence-corrected chi connectivity index (χ1v) is 5.63. The number of methoxy groups -OCH3 is 1. The van der Waals surface area contributed by atoms with E-state index < -0.39 is 5.97 Å². The fraction of sp³-hybridized carbons (Fsp3) is 0.231. The first-order chi connectivity index (χ1) is 8.95. The highest BCUT2D eigenvalue weighted by molar-refractivity contribution is 6.11. The van der Waals surface area contributed by atoms with Crippen LogP contribution in [0, 0.1) is 0 Å². The number of fused-ring (bicyclic) bond motifs is 1. The quantitative estimate of drug-likeness (QED) is 0.884. The van der Waals surface area contributed by atoms with E-state index in [-0.39, 0.29) is 17.3 Å². The molecule has 0 spiro atoms. The molecule has 0 aliphatic rings. The Morgan fingerprint density at radius 3 is 2.58 bits per heavy atom. The Kier molecular flexibility index (Phi) is 3.16. The van der Waals surface area contributed by atoms with Crippen LogP contribution in [-0.2, 0) is 11.8 Å². The Bertz CT molecular complexity index is 673. The lowest BCUT2D eigenvalue weighted by molar-refractivity contribution is -0.114. The number of carbonyl (C=O) groups is 2. The molecular weight excluding hydrogens is 248 g/mol. The first kappa shape index (κ1) is 12.9. The van der Waals surface area contributed by atoms with Crippen molar-refractivity contribution in [3.8, 4) is 5.75 Å². The van der Waals surface area contributed by atoms with Crippen LogP contribution >= 0.6 is 0 Å². The Hall–Kier alpha value is -2.50. The lowest BCUT2D eigenvalue weighted by Crippen LogP contribution is -2.12. The highest BCUT2D eigenvalue weighted by atomic mass is 16.5. The third kappa shape index (κ3) is 2.12. The van der Waals surface area contributed by atoms with Gasteiger partial charge in [0.05, 0.1) is 18.3 Å². The number of rotatable bonds is 3. The van der Waals surface area contributed by atoms with Crippen LogP contribution in [0.5, 0.6) is 5.75 Å². The molecule has 0 bridgehead atoms. The van der Waals surface area contributed by atoms with E-state index in [9.17, 15) is 14.7 Å². The monoisotopic (exact) mass is 262 g/mol. The van der Waals surface area contributed by atoms with Gasteiger partial charge in [-0.3, -0.25) is 4.79 Å². The summed E-state index contributed by atoms with van der Waals surface area (Å²) in [5, 5.41) is 12.5. The van der Waals surface area contributed by atoms with Crippen molar-refractivity contribution < 1.29 is 19.4 Å². The number of aromatic nitrogens is 1. The van der Waals surface area contributed by atoms with Crippen molar-refractivity contribution >= 4 is 28.5 Å². The van der Waals surface area contributed by atoms with E-state index in [1.165, 1.54) is 18.6 Å². The van der Waals surface area contributed by atoms with Gasteiger partial charge in [-0.15, -0.1) is 0 Å². The Morgan fingerprint density at radius 1 is 1.37 bits per heavy atom. The molecule has 0 saturated heterocycles. The summed E-state index contributed by atoms with van der Waals surface area (Å²) in [5.41, 5.74) is 1.04. The van der Waals surface area contributed by atoms with Crippen LogP contribution in [0.3, 0.4) is 0 Å². The highest BCUT2D eigenvalue weighted by Gasteiger charge is 2.21. The number of aryl methyl sites for hydroxylation is 1. The number of hydrogen-bond acceptors (Lipinski definition) is 3. The predicted octanol–water partition coefficient (Wildman–Crippen LogP) is 1.84. The molecule has 1 aromatic heterocycles. The van der Waals surface area contributed by atoms with Gasteiger partial charge in [-0.2, -0.15) is 0 Å². The van der Waals surface area contributed by atoms with E-state index in [0.717, 1.165) is 0 Å². The maximum absolute atomic E-state index is 11.3. The van der Waals surface area contributed by atoms with Gasteiger partial charge in [0, 0.05) is 19.4 Å². The lowest BCUT2D eigenvalue weighted by atomic mass is 10.2. The minimum Gasteiger partial charge on any atom is -0.497 e. The zero-order chi connectivity index (χ0) is 14.2. The van der Waals surface area contributed by atoms with Gasteiger partial charge in [-0.1, -0.05) is 0 Å². The van der Waals surface area contributed by atoms with Crippen molar-refractivity contribution in [1.82, 2.24) is 4.57 Å². The fourth-order valence-electron chi connectivity index (χ4n) is 2.10. The fourth-order valence-corrected chi connectivity index (χ4v) is 2.10. The third-order valence-corrected chi connectivity index (χ3v) is 2.91. The number of benzene rings is 1. The zero-order valence-electron chi connectivity index (χ0n) is 10.9. The smallest absolute Gasteiger partial charge is 0.354 e. The Balaban J connectivity index is 2.80. The van der Waals surface area contributed by atoms with E-state index in [1.54, 1.807) is 25.2 Å². The molecule has 2 aromatic rings. The molecule has 0 unspecified atom stereocenters. The summed E-state index contributed by atoms with van der Waals surface area (Å²) in [4.78, 5) is 22.6. The molecule has 1 heterocycles. The van der Waals surface area contributed by atoms with Crippen LogP contribution < -0.4 is 10.1 Å². The van der Waals surface area contributed by atoms with Crippen LogP contribution in [0.4, 0.5) is 5.69 Å². The number of carboxylic acids is 1. The molecule has 6 heteroatoms. The van der Waals surface area contributed by atoms with Crippen molar-refractivity contribution in [3.63, 3.8) is 0 Å². The number of carbonyl (C=O) groups excluding carboxylic acids is 1. The van der Waals surface area contributed by atoms with Gasteiger partial charge in [0.15, 0.2) is 5.69 Å². The van der Waals surface area contributed by atoms with Gasteiger partial charge in [0.2, 0.25) is 5.91 Å². The van der Waals surface area contributed by atoms with Crippen LogP contribution in [0.2, 0.25) is 0 Å². The van der Waals surface area contributed by atoms with Gasteiger partial charge in [0.25, 0.3) is 0 Å². The molecule has 0 fully saturated rings. The van der Waals surface area contributed by atoms with E-state index >= 15 is 0 Å². The van der Waals surface area contributed by atoms with Gasteiger partial charge in [-0.25, -0.2) is 4.79 Å². The second-order valence-electron chi connectivity index (χ2n) is 4.15. The summed E-state index contributed by atoms with van der Waals surface area (Å²) >= 11 is 0. The molecule has 0 aliphatic carbocycles. The van der Waals surface area contributed by atoms with Crippen LogP contribution in [0.1, 0.15) is 17.4 Å². The molecule has 2 N–H and O–H groups in total. The standard InChI is InChI=1S/C13H14N2O4/c1-7(16)14-11-9-6-8(19-3)4-5-10(9)15(2)12(11)13(17)18/h4-6H,1-3H3,(H,14,16)(H,17,18). The average Bonchev–Trinajstić information content (AvgIpc) is 2.61. The number of nitrogens with zero attached hydrogens (tertiary/aromatic N) is 1. The number of hydrogen-bond donors (Lipinski definition) is 2. The molecule has 0 saturated carbocycles. The third-order valence-electron chi connectivity index (χ3n) is 2.91. The van der Waals surface area contributed by atoms with E-state index in [1.807, 2.05) is 0 Å². The van der Waals surface area contributed by atoms with Crippen LogP contribution in [-0.4, -0.2) is 28.7 Å². The number of ether oxygens (including phenoxy) is 1. The summed E-state index contributed by atoms with van der Waals surface area (Å²) in [6, 6.07) is 5.20. The average molecular weight is 262 g/mol. The molecule has 1 amide bonds. The first-order valence-electron chi connectivity index (χ1n) is 5.63. The molecule has 19 heavy (non-hydrogen) atoms. The van der Waals surface area contributed by atoms with Crippen LogP contribution in [0.15, 0.2) is 18.2 Å². The number of amides is 1. The summed E-state index contributed by atoms with van der Waals surface area (Å²) in [5.74, 6) is -0.819. The largest absolute Gasteiger partial charge is 0.497 e. The minimum absolute atomic E-state index is 0.0402. The van der Waals surface area contributed by atoms with Gasteiger partial charge >= 0.3 is 5.97 Å². The lowest BCUT2D eigenvalue weighted by Gasteiger charge is -2.03. The highest BCUT2D eigenvalue weighted by Crippen LogP contribution is 2.33. The molecule has 0 radical (unpaired) electrons. The second kappa shape index (κ2) is 4.64. The molecular formula is C13H14N2O4. The predicted molar refractivity (Wildman–Crippen MR) is 70.7 cm³/mol. The maximum Gasteiger partial charge on any atom is 0.354 e. The van der Waals surface area contributed by atoms with Crippen molar-refractivity contribution in [2.45, 2.75) is 6.92 Å². The molecule has 2 rings (SSSR count). The number of carboxylic acid groups (broad SMARTS) is 1. The topological polar surface area (TPSA) is 80.6 Å². The summed E-state index contributed by atoms with van der Waals surface area (Å²) in [7, 11) is 3.17. The number of anilines is 1. The summed E-state index contributed by atoms with van der Waals surface area (Å²) < 4.78 is 6.65. The van der Waals surface area contributed by atoms with E-state index in [0.29, 0.717) is 16.7 Å². The minimum atomic E-state index is -1.10. The van der Waals surface area contributed by atoms with E-state index in [2.05, 4.69) is 5.32 Å². The number of nitrogens with one attached hydrogen (secondary N) is 1.